The summed E-state index contributed by atoms with van der Waals surface area (Å²) in [5, 5.41) is 6.62. The molecule has 0 spiro atoms. The quantitative estimate of drug-likeness (QED) is 0.376. The fourth-order valence-corrected chi connectivity index (χ4v) is 4.41. The molecule has 0 radical (unpaired) electrons. The van der Waals surface area contributed by atoms with Gasteiger partial charge in [-0.1, -0.05) is 0 Å². The Balaban J connectivity index is 0.00000243. The first-order valence-corrected chi connectivity index (χ1v) is 10.4. The number of thiazole rings is 1. The van der Waals surface area contributed by atoms with Gasteiger partial charge in [0.05, 0.1) is 12.2 Å². The van der Waals surface area contributed by atoms with E-state index in [1.54, 1.807) is 11.3 Å². The highest BCUT2D eigenvalue weighted by Gasteiger charge is 2.27. The molecule has 8 heteroatoms. The first-order valence-electron chi connectivity index (χ1n) is 9.53. The predicted octanol–water partition coefficient (Wildman–Crippen LogP) is 2.71. The third-order valence-corrected chi connectivity index (χ3v) is 6.01. The van der Waals surface area contributed by atoms with Gasteiger partial charge in [-0.15, -0.1) is 35.3 Å². The van der Waals surface area contributed by atoms with Crippen molar-refractivity contribution in [1.29, 1.82) is 0 Å². The Hall–Kier alpha value is -0.610. The minimum atomic E-state index is 0. The Morgan fingerprint density at radius 3 is 2.77 bits per heavy atom. The van der Waals surface area contributed by atoms with E-state index < -0.39 is 0 Å². The summed E-state index contributed by atoms with van der Waals surface area (Å²) in [5.41, 5.74) is 1.05. The average molecular weight is 492 g/mol. The van der Waals surface area contributed by atoms with E-state index in [4.69, 9.17) is 4.99 Å². The van der Waals surface area contributed by atoms with E-state index >= 15 is 0 Å². The summed E-state index contributed by atoms with van der Waals surface area (Å²) in [6, 6.07) is 0. The van der Waals surface area contributed by atoms with E-state index in [1.165, 1.54) is 38.9 Å². The third kappa shape index (κ3) is 5.95. The number of aromatic nitrogens is 1. The van der Waals surface area contributed by atoms with Gasteiger partial charge < -0.3 is 20.0 Å². The highest BCUT2D eigenvalue weighted by molar-refractivity contribution is 14.0. The van der Waals surface area contributed by atoms with Crippen LogP contribution in [0, 0.1) is 5.92 Å². The lowest BCUT2D eigenvalue weighted by atomic mass is 10.1. The molecule has 1 aromatic heterocycles. The molecule has 0 amide bonds. The lowest BCUT2D eigenvalue weighted by Gasteiger charge is -2.23. The highest BCUT2D eigenvalue weighted by atomic mass is 127. The summed E-state index contributed by atoms with van der Waals surface area (Å²) < 4.78 is 0. The molecule has 1 N–H and O–H groups in total. The summed E-state index contributed by atoms with van der Waals surface area (Å²) in [6.07, 6.45) is 4.04. The second kappa shape index (κ2) is 10.7. The summed E-state index contributed by atoms with van der Waals surface area (Å²) >= 11 is 1.68. The van der Waals surface area contributed by atoms with Gasteiger partial charge in [0.2, 0.25) is 0 Å². The van der Waals surface area contributed by atoms with Crippen LogP contribution in [-0.2, 0) is 6.54 Å². The molecular formula is C18H33IN6S. The van der Waals surface area contributed by atoms with Gasteiger partial charge in [-0.25, -0.2) is 9.98 Å². The van der Waals surface area contributed by atoms with Crippen LogP contribution in [0.2, 0.25) is 0 Å². The third-order valence-electron chi connectivity index (χ3n) is 4.95. The number of halogens is 1. The normalized spacial score (nSPS) is 21.1. The van der Waals surface area contributed by atoms with Crippen molar-refractivity contribution in [3.8, 4) is 0 Å². The van der Waals surface area contributed by atoms with Crippen molar-refractivity contribution in [1.82, 2.24) is 20.1 Å². The largest absolute Gasteiger partial charge is 0.357 e. The summed E-state index contributed by atoms with van der Waals surface area (Å²) in [6.45, 7) is 9.79. The van der Waals surface area contributed by atoms with E-state index in [1.807, 2.05) is 19.0 Å². The fourth-order valence-electron chi connectivity index (χ4n) is 3.66. The summed E-state index contributed by atoms with van der Waals surface area (Å²) in [5.74, 6) is 1.83. The minimum Gasteiger partial charge on any atom is -0.357 e. The number of aliphatic imine (C=N–C) groups is 1. The first-order chi connectivity index (χ1) is 12.2. The maximum Gasteiger partial charge on any atom is 0.194 e. The Labute approximate surface area is 179 Å². The number of likely N-dealkylation sites (tertiary alicyclic amines) is 2. The van der Waals surface area contributed by atoms with Crippen molar-refractivity contribution in [2.45, 2.75) is 32.7 Å². The maximum absolute atomic E-state index is 4.85. The second-order valence-electron chi connectivity index (χ2n) is 7.29. The number of hydrogen-bond acceptors (Lipinski definition) is 5. The molecule has 2 saturated heterocycles. The zero-order chi connectivity index (χ0) is 17.6. The van der Waals surface area contributed by atoms with Crippen LogP contribution in [0.3, 0.4) is 0 Å². The number of rotatable bonds is 6. The predicted molar refractivity (Wildman–Crippen MR) is 122 cm³/mol. The van der Waals surface area contributed by atoms with Gasteiger partial charge in [0.25, 0.3) is 0 Å². The fraction of sp³-hybridized carbons (Fsp3) is 0.778. The number of nitrogens with one attached hydrogen (secondary N) is 1. The van der Waals surface area contributed by atoms with Crippen molar-refractivity contribution in [2.24, 2.45) is 10.9 Å². The molecule has 3 heterocycles. The van der Waals surface area contributed by atoms with E-state index in [9.17, 15) is 0 Å². The van der Waals surface area contributed by atoms with Crippen LogP contribution in [0.1, 0.15) is 31.9 Å². The van der Waals surface area contributed by atoms with E-state index in [2.05, 4.69) is 32.4 Å². The smallest absolute Gasteiger partial charge is 0.194 e. The Bertz CT molecular complexity index is 570. The van der Waals surface area contributed by atoms with Crippen LogP contribution in [0.4, 0.5) is 5.13 Å². The molecule has 0 aliphatic carbocycles. The highest BCUT2D eigenvalue weighted by Crippen LogP contribution is 2.21. The summed E-state index contributed by atoms with van der Waals surface area (Å²) in [4.78, 5) is 16.6. The van der Waals surface area contributed by atoms with Crippen molar-refractivity contribution >= 4 is 46.4 Å². The Morgan fingerprint density at radius 1 is 1.35 bits per heavy atom. The molecule has 1 unspecified atom stereocenters. The molecule has 1 atom stereocenters. The van der Waals surface area contributed by atoms with Gasteiger partial charge in [-0.3, -0.25) is 0 Å². The molecule has 0 saturated carbocycles. The van der Waals surface area contributed by atoms with Crippen LogP contribution in [-0.4, -0.2) is 74.1 Å². The van der Waals surface area contributed by atoms with Crippen molar-refractivity contribution in [3.05, 3.63) is 11.1 Å². The molecule has 3 rings (SSSR count). The van der Waals surface area contributed by atoms with Gasteiger partial charge in [0.15, 0.2) is 11.1 Å². The number of anilines is 1. The van der Waals surface area contributed by atoms with Crippen LogP contribution in [0.5, 0.6) is 0 Å². The van der Waals surface area contributed by atoms with Crippen molar-refractivity contribution in [2.75, 3.05) is 58.3 Å². The molecule has 6 nitrogen and oxygen atoms in total. The first kappa shape index (κ1) is 21.7. The van der Waals surface area contributed by atoms with Crippen LogP contribution >= 0.6 is 35.3 Å². The molecular weight excluding hydrogens is 459 g/mol. The summed E-state index contributed by atoms with van der Waals surface area (Å²) in [7, 11) is 4.06. The zero-order valence-corrected chi connectivity index (χ0v) is 19.4. The molecule has 0 aromatic carbocycles. The molecule has 2 fully saturated rings. The molecule has 26 heavy (non-hydrogen) atoms. The number of nitrogens with zero attached hydrogens (tertiary/aromatic N) is 5. The molecule has 1 aromatic rings. The molecule has 0 bridgehead atoms. The standard InChI is InChI=1S/C18H32N6S.HI/c1-4-19-17(20-11-16-14-25-18(21-16)22(2)3)24-10-7-15(13-24)12-23-8-5-6-9-23;/h14-15H,4-13H2,1-3H3,(H,19,20);1H. The van der Waals surface area contributed by atoms with Gasteiger partial charge in [0, 0.05) is 45.7 Å². The van der Waals surface area contributed by atoms with Crippen molar-refractivity contribution in [3.63, 3.8) is 0 Å². The van der Waals surface area contributed by atoms with Gasteiger partial charge in [-0.05, 0) is 45.2 Å². The van der Waals surface area contributed by atoms with Crippen LogP contribution in [0.25, 0.3) is 0 Å². The Kier molecular flexibility index (Phi) is 8.89. The zero-order valence-electron chi connectivity index (χ0n) is 16.3. The lowest BCUT2D eigenvalue weighted by Crippen LogP contribution is -2.40. The monoisotopic (exact) mass is 492 g/mol. The van der Waals surface area contributed by atoms with Gasteiger partial charge in [0.1, 0.15) is 0 Å². The minimum absolute atomic E-state index is 0. The number of guanidine groups is 1. The van der Waals surface area contributed by atoms with E-state index in [-0.39, 0.29) is 24.0 Å². The van der Waals surface area contributed by atoms with Gasteiger partial charge in [-0.2, -0.15) is 0 Å². The molecule has 2 aliphatic rings. The Morgan fingerprint density at radius 2 is 2.12 bits per heavy atom. The van der Waals surface area contributed by atoms with Crippen LogP contribution < -0.4 is 10.2 Å². The second-order valence-corrected chi connectivity index (χ2v) is 8.13. The lowest BCUT2D eigenvalue weighted by molar-refractivity contribution is 0.281. The topological polar surface area (TPSA) is 47.0 Å². The number of hydrogen-bond donors (Lipinski definition) is 1. The van der Waals surface area contributed by atoms with Crippen LogP contribution in [0.15, 0.2) is 10.4 Å². The van der Waals surface area contributed by atoms with E-state index in [0.29, 0.717) is 6.54 Å². The van der Waals surface area contributed by atoms with Gasteiger partial charge >= 0.3 is 0 Å². The molecule has 148 valence electrons. The van der Waals surface area contributed by atoms with E-state index in [0.717, 1.165) is 42.3 Å². The maximum atomic E-state index is 4.85. The average Bonchev–Trinajstić information content (AvgIpc) is 3.33. The molecule has 2 aliphatic heterocycles. The SMILES string of the molecule is CCNC(=NCc1csc(N(C)C)n1)N1CCC(CN2CCCC2)C1.I. The van der Waals surface area contributed by atoms with Crippen molar-refractivity contribution < 1.29 is 0 Å².